The van der Waals surface area contributed by atoms with Crippen molar-refractivity contribution in [3.8, 4) is 11.5 Å². The van der Waals surface area contributed by atoms with Crippen LogP contribution in [0.15, 0.2) is 22.0 Å². The number of carbonyl (C=O) groups excluding carboxylic acids is 1. The zero-order chi connectivity index (χ0) is 16.1. The number of ether oxygens (including phenoxy) is 2. The molecule has 0 spiro atoms. The van der Waals surface area contributed by atoms with Crippen LogP contribution in [0.4, 0.5) is 0 Å². The molecule has 5 nitrogen and oxygen atoms in total. The molecule has 118 valence electrons. The van der Waals surface area contributed by atoms with Gasteiger partial charge in [-0.25, -0.2) is 4.98 Å². The standard InChI is InChI=1S/C15H17BrN2O3S/c1-4-21-14-12(16)5-10(6-13(14)20-3)15(19)17-7-11-8-22-9(2)18-11/h5-6,8H,4,7H2,1-3H3,(H,17,19). The number of carbonyl (C=O) groups is 1. The van der Waals surface area contributed by atoms with Crippen LogP contribution in [0.3, 0.4) is 0 Å². The maximum absolute atomic E-state index is 12.3. The lowest BCUT2D eigenvalue weighted by atomic mass is 10.2. The highest BCUT2D eigenvalue weighted by molar-refractivity contribution is 9.10. The number of hydrogen-bond acceptors (Lipinski definition) is 5. The lowest BCUT2D eigenvalue weighted by Crippen LogP contribution is -2.23. The maximum Gasteiger partial charge on any atom is 0.251 e. The minimum absolute atomic E-state index is 0.187. The van der Waals surface area contributed by atoms with Crippen molar-refractivity contribution in [1.29, 1.82) is 0 Å². The van der Waals surface area contributed by atoms with Gasteiger partial charge in [0.05, 0.1) is 35.4 Å². The fourth-order valence-corrected chi connectivity index (χ4v) is 3.07. The Kier molecular flexibility index (Phi) is 5.79. The summed E-state index contributed by atoms with van der Waals surface area (Å²) in [6.45, 7) is 4.74. The summed E-state index contributed by atoms with van der Waals surface area (Å²) >= 11 is 4.97. The minimum Gasteiger partial charge on any atom is -0.493 e. The van der Waals surface area contributed by atoms with Gasteiger partial charge in [0, 0.05) is 10.9 Å². The number of methoxy groups -OCH3 is 1. The minimum atomic E-state index is -0.187. The van der Waals surface area contributed by atoms with Gasteiger partial charge in [0.25, 0.3) is 5.91 Å². The Morgan fingerprint density at radius 1 is 1.45 bits per heavy atom. The van der Waals surface area contributed by atoms with Gasteiger partial charge in [-0.1, -0.05) is 0 Å². The van der Waals surface area contributed by atoms with Gasteiger partial charge in [0.1, 0.15) is 0 Å². The lowest BCUT2D eigenvalue weighted by molar-refractivity contribution is 0.0950. The first kappa shape index (κ1) is 16.8. The molecule has 1 aromatic heterocycles. The van der Waals surface area contributed by atoms with E-state index < -0.39 is 0 Å². The zero-order valence-electron chi connectivity index (χ0n) is 12.6. The average molecular weight is 385 g/mol. The first-order valence-electron chi connectivity index (χ1n) is 6.74. The highest BCUT2D eigenvalue weighted by Gasteiger charge is 2.15. The lowest BCUT2D eigenvalue weighted by Gasteiger charge is -2.13. The van der Waals surface area contributed by atoms with Gasteiger partial charge in [-0.05, 0) is 41.9 Å². The molecule has 0 bridgehead atoms. The smallest absolute Gasteiger partial charge is 0.251 e. The van der Waals surface area contributed by atoms with Gasteiger partial charge in [-0.15, -0.1) is 11.3 Å². The Balaban J connectivity index is 2.13. The van der Waals surface area contributed by atoms with Crippen molar-refractivity contribution in [3.63, 3.8) is 0 Å². The molecule has 1 heterocycles. The summed E-state index contributed by atoms with van der Waals surface area (Å²) < 4.78 is 11.5. The van der Waals surface area contributed by atoms with Crippen molar-refractivity contribution in [2.75, 3.05) is 13.7 Å². The van der Waals surface area contributed by atoms with E-state index in [-0.39, 0.29) is 5.91 Å². The second kappa shape index (κ2) is 7.60. The van der Waals surface area contributed by atoms with Gasteiger partial charge in [-0.2, -0.15) is 0 Å². The summed E-state index contributed by atoms with van der Waals surface area (Å²) in [5.74, 6) is 0.926. The van der Waals surface area contributed by atoms with Crippen LogP contribution in [-0.4, -0.2) is 24.6 Å². The summed E-state index contributed by atoms with van der Waals surface area (Å²) in [6.07, 6.45) is 0. The van der Waals surface area contributed by atoms with E-state index in [1.54, 1.807) is 30.6 Å². The molecule has 1 amide bonds. The summed E-state index contributed by atoms with van der Waals surface area (Å²) in [5.41, 5.74) is 1.35. The van der Waals surface area contributed by atoms with E-state index in [1.165, 1.54) is 0 Å². The fraction of sp³-hybridized carbons (Fsp3) is 0.333. The molecule has 2 rings (SSSR count). The van der Waals surface area contributed by atoms with Crippen molar-refractivity contribution in [2.45, 2.75) is 20.4 Å². The van der Waals surface area contributed by atoms with E-state index in [4.69, 9.17) is 9.47 Å². The molecule has 0 aliphatic carbocycles. The van der Waals surface area contributed by atoms with Crippen LogP contribution in [0, 0.1) is 6.92 Å². The normalized spacial score (nSPS) is 10.4. The Morgan fingerprint density at radius 3 is 2.82 bits per heavy atom. The van der Waals surface area contributed by atoms with E-state index in [1.807, 2.05) is 19.2 Å². The van der Waals surface area contributed by atoms with Crippen LogP contribution < -0.4 is 14.8 Å². The summed E-state index contributed by atoms with van der Waals surface area (Å²) in [7, 11) is 1.55. The molecule has 0 radical (unpaired) electrons. The van der Waals surface area contributed by atoms with Crippen LogP contribution in [0.2, 0.25) is 0 Å². The van der Waals surface area contributed by atoms with Crippen molar-refractivity contribution < 1.29 is 14.3 Å². The van der Waals surface area contributed by atoms with Gasteiger partial charge in [-0.3, -0.25) is 4.79 Å². The number of thiazole rings is 1. The molecule has 0 aliphatic heterocycles. The Labute approximate surface area is 141 Å². The van der Waals surface area contributed by atoms with E-state index >= 15 is 0 Å². The molecule has 0 atom stereocenters. The quantitative estimate of drug-likeness (QED) is 0.826. The number of aryl methyl sites for hydroxylation is 1. The predicted molar refractivity (Wildman–Crippen MR) is 89.9 cm³/mol. The first-order valence-corrected chi connectivity index (χ1v) is 8.42. The molecule has 1 N–H and O–H groups in total. The number of nitrogens with zero attached hydrogens (tertiary/aromatic N) is 1. The Hall–Kier alpha value is -1.60. The van der Waals surface area contributed by atoms with E-state index in [9.17, 15) is 4.79 Å². The number of nitrogens with one attached hydrogen (secondary N) is 1. The van der Waals surface area contributed by atoms with Gasteiger partial charge >= 0.3 is 0 Å². The van der Waals surface area contributed by atoms with Gasteiger partial charge < -0.3 is 14.8 Å². The largest absolute Gasteiger partial charge is 0.493 e. The number of benzene rings is 1. The van der Waals surface area contributed by atoms with Crippen molar-refractivity contribution >= 4 is 33.2 Å². The third-order valence-corrected chi connectivity index (χ3v) is 4.29. The predicted octanol–water partition coefficient (Wildman–Crippen LogP) is 3.55. The highest BCUT2D eigenvalue weighted by atomic mass is 79.9. The summed E-state index contributed by atoms with van der Waals surface area (Å²) in [5, 5.41) is 5.76. The average Bonchev–Trinajstić information content (AvgIpc) is 2.92. The molecular weight excluding hydrogens is 368 g/mol. The van der Waals surface area contributed by atoms with Crippen molar-refractivity contribution in [3.05, 3.63) is 38.3 Å². The third kappa shape index (κ3) is 3.98. The molecule has 22 heavy (non-hydrogen) atoms. The van der Waals surface area contributed by atoms with Crippen LogP contribution >= 0.6 is 27.3 Å². The van der Waals surface area contributed by atoms with E-state index in [0.717, 1.165) is 10.7 Å². The highest BCUT2D eigenvalue weighted by Crippen LogP contribution is 2.36. The van der Waals surface area contributed by atoms with Crippen molar-refractivity contribution in [1.82, 2.24) is 10.3 Å². The summed E-state index contributed by atoms with van der Waals surface area (Å²) in [6, 6.07) is 3.38. The maximum atomic E-state index is 12.3. The van der Waals surface area contributed by atoms with Crippen LogP contribution in [0.25, 0.3) is 0 Å². The molecule has 0 fully saturated rings. The molecule has 0 saturated heterocycles. The molecular formula is C15H17BrN2O3S. The van der Waals surface area contributed by atoms with E-state index in [0.29, 0.717) is 34.7 Å². The number of rotatable bonds is 6. The Bertz CT molecular complexity index is 673. The number of hydrogen-bond donors (Lipinski definition) is 1. The number of amides is 1. The molecule has 2 aromatic rings. The zero-order valence-corrected chi connectivity index (χ0v) is 15.0. The number of aromatic nitrogens is 1. The second-order valence-electron chi connectivity index (χ2n) is 4.46. The second-order valence-corrected chi connectivity index (χ2v) is 6.38. The van der Waals surface area contributed by atoms with Gasteiger partial charge in [0.2, 0.25) is 0 Å². The fourth-order valence-electron chi connectivity index (χ4n) is 1.90. The van der Waals surface area contributed by atoms with Crippen LogP contribution in [0.5, 0.6) is 11.5 Å². The first-order chi connectivity index (χ1) is 10.5. The van der Waals surface area contributed by atoms with Crippen molar-refractivity contribution in [2.24, 2.45) is 0 Å². The van der Waals surface area contributed by atoms with Gasteiger partial charge in [0.15, 0.2) is 11.5 Å². The monoisotopic (exact) mass is 384 g/mol. The molecule has 0 unspecified atom stereocenters. The topological polar surface area (TPSA) is 60.5 Å². The van der Waals surface area contributed by atoms with Crippen LogP contribution in [0.1, 0.15) is 28.0 Å². The van der Waals surface area contributed by atoms with E-state index in [2.05, 4.69) is 26.2 Å². The van der Waals surface area contributed by atoms with Crippen LogP contribution in [-0.2, 0) is 6.54 Å². The molecule has 1 aromatic carbocycles. The summed E-state index contributed by atoms with van der Waals surface area (Å²) in [4.78, 5) is 16.6. The molecule has 0 saturated carbocycles. The number of halogens is 1. The SMILES string of the molecule is CCOc1c(Br)cc(C(=O)NCc2csc(C)n2)cc1OC. The Morgan fingerprint density at radius 2 is 2.23 bits per heavy atom. The molecule has 0 aliphatic rings. The third-order valence-electron chi connectivity index (χ3n) is 2.88. The molecule has 7 heteroatoms.